The lowest BCUT2D eigenvalue weighted by molar-refractivity contribution is 0.714. The molecule has 0 aromatic carbocycles. The van der Waals surface area contributed by atoms with E-state index < -0.39 is 0 Å². The van der Waals surface area contributed by atoms with Gasteiger partial charge in [0.1, 0.15) is 0 Å². The molecule has 0 aliphatic heterocycles. The molecule has 0 aliphatic rings. The zero-order valence-electron chi connectivity index (χ0n) is 10.8. The standard InChI is InChI=1S/C13H25P/c1-8-9-10-11-14(12(2,3)4)13(5,6)7/h8-11H,1-7H3. The van der Waals surface area contributed by atoms with Gasteiger partial charge in [0.2, 0.25) is 0 Å². The Hall–Kier alpha value is -0.0900. The van der Waals surface area contributed by atoms with Gasteiger partial charge in [0.25, 0.3) is 0 Å². The summed E-state index contributed by atoms with van der Waals surface area (Å²) < 4.78 is 0. The van der Waals surface area contributed by atoms with Crippen LogP contribution in [0.5, 0.6) is 0 Å². The summed E-state index contributed by atoms with van der Waals surface area (Å²) in [7, 11) is -0.0862. The molecule has 0 nitrogen and oxygen atoms in total. The average molecular weight is 212 g/mol. The molecule has 0 amide bonds. The van der Waals surface area contributed by atoms with Crippen LogP contribution >= 0.6 is 7.92 Å². The van der Waals surface area contributed by atoms with Crippen molar-refractivity contribution in [3.05, 3.63) is 24.0 Å². The lowest BCUT2D eigenvalue weighted by atomic mass is 10.2. The number of rotatable bonds is 2. The summed E-state index contributed by atoms with van der Waals surface area (Å²) in [5.74, 6) is 2.40. The van der Waals surface area contributed by atoms with Gasteiger partial charge >= 0.3 is 0 Å². The molecule has 0 spiro atoms. The molecule has 0 atom stereocenters. The van der Waals surface area contributed by atoms with Crippen molar-refractivity contribution in [3.63, 3.8) is 0 Å². The molecule has 0 unspecified atom stereocenters. The maximum absolute atomic E-state index is 2.40. The highest BCUT2D eigenvalue weighted by molar-refractivity contribution is 7.63. The Morgan fingerprint density at radius 1 is 0.786 bits per heavy atom. The third-order valence-corrected chi connectivity index (χ3v) is 5.35. The second kappa shape index (κ2) is 5.12. The van der Waals surface area contributed by atoms with E-state index in [1.165, 1.54) is 0 Å². The van der Waals surface area contributed by atoms with Gasteiger partial charge in [-0.1, -0.05) is 73.5 Å². The van der Waals surface area contributed by atoms with Gasteiger partial charge in [-0.2, -0.15) is 0 Å². The Kier molecular flexibility index (Phi) is 5.09. The van der Waals surface area contributed by atoms with Crippen LogP contribution in [0.4, 0.5) is 0 Å². The maximum atomic E-state index is 2.40. The van der Waals surface area contributed by atoms with Gasteiger partial charge in [-0.05, 0) is 17.2 Å². The number of allylic oxidation sites excluding steroid dienone is 3. The van der Waals surface area contributed by atoms with Crippen molar-refractivity contribution in [2.45, 2.75) is 58.8 Å². The Bertz CT molecular complexity index is 196. The first kappa shape index (κ1) is 13.9. The number of hydrogen-bond donors (Lipinski definition) is 0. The van der Waals surface area contributed by atoms with Crippen LogP contribution in [-0.2, 0) is 0 Å². The maximum Gasteiger partial charge on any atom is -0.0140 e. The van der Waals surface area contributed by atoms with Gasteiger partial charge in [-0.25, -0.2) is 0 Å². The highest BCUT2D eigenvalue weighted by Gasteiger charge is 2.31. The largest absolute Gasteiger partial charge is 0.0877 e. The first-order valence-electron chi connectivity index (χ1n) is 5.28. The molecule has 0 fully saturated rings. The van der Waals surface area contributed by atoms with Crippen LogP contribution in [0.1, 0.15) is 48.5 Å². The predicted octanol–water partition coefficient (Wildman–Crippen LogP) is 5.16. The molecular weight excluding hydrogens is 187 g/mol. The van der Waals surface area contributed by atoms with E-state index in [1.54, 1.807) is 0 Å². The van der Waals surface area contributed by atoms with Crippen molar-refractivity contribution in [1.82, 2.24) is 0 Å². The number of hydrogen-bond acceptors (Lipinski definition) is 0. The smallest absolute Gasteiger partial charge is 0.0140 e. The van der Waals surface area contributed by atoms with Crippen molar-refractivity contribution < 1.29 is 0 Å². The first-order chi connectivity index (χ1) is 6.19. The van der Waals surface area contributed by atoms with Crippen molar-refractivity contribution in [2.24, 2.45) is 0 Å². The average Bonchev–Trinajstić information content (AvgIpc) is 1.92. The second-order valence-corrected chi connectivity index (χ2v) is 9.30. The summed E-state index contributed by atoms with van der Waals surface area (Å²) in [6.45, 7) is 16.1. The molecule has 0 heterocycles. The molecule has 1 heteroatoms. The van der Waals surface area contributed by atoms with Crippen molar-refractivity contribution in [1.29, 1.82) is 0 Å². The van der Waals surface area contributed by atoms with Gasteiger partial charge in [0.15, 0.2) is 0 Å². The highest BCUT2D eigenvalue weighted by atomic mass is 31.1. The fourth-order valence-corrected chi connectivity index (χ4v) is 4.88. The summed E-state index contributed by atoms with van der Waals surface area (Å²) >= 11 is 0. The molecule has 82 valence electrons. The van der Waals surface area contributed by atoms with E-state index in [1.807, 2.05) is 0 Å². The second-order valence-electron chi connectivity index (χ2n) is 5.58. The van der Waals surface area contributed by atoms with Crippen molar-refractivity contribution in [2.75, 3.05) is 0 Å². The van der Waals surface area contributed by atoms with E-state index in [-0.39, 0.29) is 7.92 Å². The summed E-state index contributed by atoms with van der Waals surface area (Å²) in [4.78, 5) is 0. The van der Waals surface area contributed by atoms with Crippen LogP contribution in [0.2, 0.25) is 0 Å². The van der Waals surface area contributed by atoms with Crippen molar-refractivity contribution in [3.8, 4) is 0 Å². The molecule has 14 heavy (non-hydrogen) atoms. The normalized spacial score (nSPS) is 14.9. The molecule has 0 bridgehead atoms. The Balaban J connectivity index is 4.76. The Morgan fingerprint density at radius 3 is 1.50 bits per heavy atom. The molecule has 0 radical (unpaired) electrons. The van der Waals surface area contributed by atoms with E-state index in [4.69, 9.17) is 0 Å². The van der Waals surface area contributed by atoms with Crippen LogP contribution < -0.4 is 0 Å². The van der Waals surface area contributed by atoms with Crippen LogP contribution in [-0.4, -0.2) is 10.3 Å². The van der Waals surface area contributed by atoms with Crippen molar-refractivity contribution >= 4 is 7.92 Å². The van der Waals surface area contributed by atoms with E-state index in [9.17, 15) is 0 Å². The van der Waals surface area contributed by atoms with Crippen LogP contribution in [0.3, 0.4) is 0 Å². The van der Waals surface area contributed by atoms with Gasteiger partial charge in [0.05, 0.1) is 0 Å². The fourth-order valence-electron chi connectivity index (χ4n) is 1.70. The molecule has 0 N–H and O–H groups in total. The van der Waals surface area contributed by atoms with E-state index >= 15 is 0 Å². The molecule has 0 aromatic rings. The quantitative estimate of drug-likeness (QED) is 0.438. The van der Waals surface area contributed by atoms with Gasteiger partial charge < -0.3 is 0 Å². The first-order valence-corrected chi connectivity index (χ1v) is 6.69. The van der Waals surface area contributed by atoms with Gasteiger partial charge in [-0.3, -0.25) is 0 Å². The minimum atomic E-state index is -0.0862. The molecule has 0 saturated carbocycles. The van der Waals surface area contributed by atoms with Crippen LogP contribution in [0.25, 0.3) is 0 Å². The third kappa shape index (κ3) is 4.96. The SMILES string of the molecule is CC=CC=CP(C(C)(C)C)C(C)(C)C. The van der Waals surface area contributed by atoms with E-state index in [0.29, 0.717) is 10.3 Å². The molecule has 0 aromatic heterocycles. The van der Waals surface area contributed by atoms with Crippen LogP contribution in [0.15, 0.2) is 24.0 Å². The minimum absolute atomic E-state index is 0.0862. The van der Waals surface area contributed by atoms with Gasteiger partial charge in [-0.15, -0.1) is 0 Å². The third-order valence-electron chi connectivity index (χ3n) is 1.98. The van der Waals surface area contributed by atoms with Gasteiger partial charge in [0, 0.05) is 0 Å². The fraction of sp³-hybridized carbons (Fsp3) is 0.692. The summed E-state index contributed by atoms with van der Waals surface area (Å²) in [5, 5.41) is 0.789. The summed E-state index contributed by atoms with van der Waals surface area (Å²) in [6.07, 6.45) is 6.39. The lowest BCUT2D eigenvalue weighted by Crippen LogP contribution is -2.23. The zero-order valence-corrected chi connectivity index (χ0v) is 11.7. The Labute approximate surface area is 91.2 Å². The predicted molar refractivity (Wildman–Crippen MR) is 70.4 cm³/mol. The zero-order chi connectivity index (χ0) is 11.4. The van der Waals surface area contributed by atoms with E-state index in [0.717, 1.165) is 0 Å². The Morgan fingerprint density at radius 2 is 1.21 bits per heavy atom. The van der Waals surface area contributed by atoms with E-state index in [2.05, 4.69) is 72.5 Å². The highest BCUT2D eigenvalue weighted by Crippen LogP contribution is 2.60. The molecule has 0 saturated heterocycles. The summed E-state index contributed by atoms with van der Waals surface area (Å²) in [5.41, 5.74) is 0. The monoisotopic (exact) mass is 212 g/mol. The lowest BCUT2D eigenvalue weighted by Gasteiger charge is -2.39. The molecular formula is C13H25P. The van der Waals surface area contributed by atoms with Crippen LogP contribution in [0, 0.1) is 0 Å². The molecule has 0 rings (SSSR count). The topological polar surface area (TPSA) is 0 Å². The summed E-state index contributed by atoms with van der Waals surface area (Å²) in [6, 6.07) is 0. The molecule has 0 aliphatic carbocycles. The minimum Gasteiger partial charge on any atom is -0.0877 e.